The molecule has 5 rings (SSSR count). The Kier molecular flexibility index (Phi) is 8.95. The summed E-state index contributed by atoms with van der Waals surface area (Å²) in [4.78, 5) is 22.2. The topological polar surface area (TPSA) is 54.4 Å². The number of ether oxygens (including phenoxy) is 2. The molecule has 0 radical (unpaired) electrons. The van der Waals surface area contributed by atoms with E-state index >= 15 is 0 Å². The van der Waals surface area contributed by atoms with E-state index in [1.165, 1.54) is 11.8 Å². The molecule has 196 valence electrons. The van der Waals surface area contributed by atoms with Crippen molar-refractivity contribution >= 4 is 88.1 Å². The summed E-state index contributed by atoms with van der Waals surface area (Å²) in [6.07, 6.45) is 1.88. The second-order valence-electron chi connectivity index (χ2n) is 8.71. The van der Waals surface area contributed by atoms with Crippen LogP contribution in [0.25, 0.3) is 6.08 Å². The molecule has 2 fully saturated rings. The molecule has 3 aromatic rings. The van der Waals surface area contributed by atoms with Gasteiger partial charge >= 0.3 is 0 Å². The maximum absolute atomic E-state index is 13.0. The van der Waals surface area contributed by atoms with Gasteiger partial charge in [-0.25, -0.2) is 4.99 Å². The first-order valence-electron chi connectivity index (χ1n) is 11.9. The number of amides is 1. The van der Waals surface area contributed by atoms with Crippen LogP contribution in [-0.4, -0.2) is 49.3 Å². The van der Waals surface area contributed by atoms with Crippen LogP contribution in [-0.2, 0) is 16.1 Å². The summed E-state index contributed by atoms with van der Waals surface area (Å²) in [6.45, 7) is 3.71. The number of anilines is 1. The van der Waals surface area contributed by atoms with Gasteiger partial charge in [-0.2, -0.15) is 0 Å². The van der Waals surface area contributed by atoms with Crippen LogP contribution in [0.15, 0.2) is 84.0 Å². The van der Waals surface area contributed by atoms with E-state index in [1.807, 2.05) is 54.6 Å². The number of thioether (sulfide) groups is 1. The first-order chi connectivity index (χ1) is 18.4. The predicted molar refractivity (Wildman–Crippen MR) is 165 cm³/mol. The molecule has 10 heteroatoms. The Labute approximate surface area is 251 Å². The standard InChI is InChI=1S/C28H24Br3N3O3S/c1-33-27(35)25(38-28(33)32-21-6-8-22(9-7-21)34-10-12-36-13-11-34)16-19-14-23(30)26(24(31)15-19)37-17-18-2-4-20(29)5-3-18/h2-9,14-16H,10-13,17H2,1H3/b25-16-,32-28?. The highest BCUT2D eigenvalue weighted by molar-refractivity contribution is 9.11. The van der Waals surface area contributed by atoms with Gasteiger partial charge in [-0.15, -0.1) is 0 Å². The Balaban J connectivity index is 1.29. The minimum atomic E-state index is -0.0819. The fraction of sp³-hybridized carbons (Fsp3) is 0.214. The number of nitrogens with zero attached hydrogens (tertiary/aromatic N) is 3. The Bertz CT molecular complexity index is 1370. The highest BCUT2D eigenvalue weighted by Crippen LogP contribution is 2.38. The molecule has 2 aliphatic heterocycles. The molecule has 0 atom stereocenters. The smallest absolute Gasteiger partial charge is 0.266 e. The largest absolute Gasteiger partial charge is 0.487 e. The maximum Gasteiger partial charge on any atom is 0.266 e. The number of likely N-dealkylation sites (N-methyl/N-ethyl adjacent to an activating group) is 1. The monoisotopic (exact) mass is 719 g/mol. The van der Waals surface area contributed by atoms with Crippen LogP contribution in [0.5, 0.6) is 5.75 Å². The summed E-state index contributed by atoms with van der Waals surface area (Å²) >= 11 is 12.1. The Morgan fingerprint density at radius 3 is 2.32 bits per heavy atom. The van der Waals surface area contributed by atoms with Crippen LogP contribution in [0.1, 0.15) is 11.1 Å². The third-order valence-corrected chi connectivity index (χ3v) is 8.84. The molecule has 0 aliphatic carbocycles. The average molecular weight is 722 g/mol. The fourth-order valence-corrected chi connectivity index (χ4v) is 6.71. The van der Waals surface area contributed by atoms with E-state index in [1.54, 1.807) is 11.9 Å². The van der Waals surface area contributed by atoms with Gasteiger partial charge < -0.3 is 14.4 Å². The van der Waals surface area contributed by atoms with Gasteiger partial charge in [0.05, 0.1) is 32.8 Å². The van der Waals surface area contributed by atoms with E-state index in [0.29, 0.717) is 22.4 Å². The van der Waals surface area contributed by atoms with Crippen molar-refractivity contribution < 1.29 is 14.3 Å². The lowest BCUT2D eigenvalue weighted by atomic mass is 10.2. The quantitative estimate of drug-likeness (QED) is 0.245. The maximum atomic E-state index is 13.0. The number of hydrogen-bond donors (Lipinski definition) is 0. The van der Waals surface area contributed by atoms with Crippen molar-refractivity contribution in [3.8, 4) is 5.75 Å². The van der Waals surface area contributed by atoms with Crippen LogP contribution >= 0.6 is 59.6 Å². The van der Waals surface area contributed by atoms with Crippen molar-refractivity contribution in [2.45, 2.75) is 6.61 Å². The van der Waals surface area contributed by atoms with Crippen LogP contribution < -0.4 is 9.64 Å². The Morgan fingerprint density at radius 1 is 1.00 bits per heavy atom. The van der Waals surface area contributed by atoms with Gasteiger partial charge in [-0.1, -0.05) is 28.1 Å². The van der Waals surface area contributed by atoms with Crippen molar-refractivity contribution in [3.05, 3.63) is 90.1 Å². The van der Waals surface area contributed by atoms with E-state index in [2.05, 4.69) is 64.8 Å². The zero-order valence-electron chi connectivity index (χ0n) is 20.5. The van der Waals surface area contributed by atoms with E-state index in [4.69, 9.17) is 14.5 Å². The molecule has 0 unspecified atom stereocenters. The molecule has 38 heavy (non-hydrogen) atoms. The van der Waals surface area contributed by atoms with Gasteiger partial charge in [0.2, 0.25) is 0 Å². The SMILES string of the molecule is CN1C(=O)/C(=C/c2cc(Br)c(OCc3ccc(Br)cc3)c(Br)c2)SC1=Nc1ccc(N2CCOCC2)cc1. The summed E-state index contributed by atoms with van der Waals surface area (Å²) < 4.78 is 14.1. The normalized spacial score (nSPS) is 18.1. The summed E-state index contributed by atoms with van der Waals surface area (Å²) in [7, 11) is 1.75. The van der Waals surface area contributed by atoms with Crippen LogP contribution in [0.3, 0.4) is 0 Å². The molecule has 0 aromatic heterocycles. The average Bonchev–Trinajstić information content (AvgIpc) is 3.17. The molecule has 0 saturated carbocycles. The lowest BCUT2D eigenvalue weighted by Crippen LogP contribution is -2.36. The Morgan fingerprint density at radius 2 is 1.66 bits per heavy atom. The van der Waals surface area contributed by atoms with Gasteiger partial charge in [0.15, 0.2) is 5.17 Å². The molecule has 2 aliphatic rings. The van der Waals surface area contributed by atoms with Gasteiger partial charge in [-0.05, 0) is 109 Å². The predicted octanol–water partition coefficient (Wildman–Crippen LogP) is 7.62. The van der Waals surface area contributed by atoms with E-state index in [-0.39, 0.29) is 5.91 Å². The molecule has 0 bridgehead atoms. The van der Waals surface area contributed by atoms with Crippen molar-refractivity contribution in [1.82, 2.24) is 4.90 Å². The molecule has 2 saturated heterocycles. The number of aliphatic imine (C=N–C) groups is 1. The van der Waals surface area contributed by atoms with E-state index in [9.17, 15) is 4.79 Å². The highest BCUT2D eigenvalue weighted by Gasteiger charge is 2.30. The summed E-state index contributed by atoms with van der Waals surface area (Å²) in [5.41, 5.74) is 3.90. The molecule has 1 amide bonds. The summed E-state index contributed by atoms with van der Waals surface area (Å²) in [5, 5.41) is 0.646. The van der Waals surface area contributed by atoms with Gasteiger partial charge in [0.25, 0.3) is 5.91 Å². The lowest BCUT2D eigenvalue weighted by Gasteiger charge is -2.28. The third-order valence-electron chi connectivity index (χ3n) is 6.07. The van der Waals surface area contributed by atoms with Crippen LogP contribution in [0.2, 0.25) is 0 Å². The number of rotatable bonds is 6. The van der Waals surface area contributed by atoms with Crippen molar-refractivity contribution in [3.63, 3.8) is 0 Å². The zero-order valence-corrected chi connectivity index (χ0v) is 26.1. The highest BCUT2D eigenvalue weighted by atomic mass is 79.9. The number of carbonyl (C=O) groups is 1. The van der Waals surface area contributed by atoms with E-state index < -0.39 is 0 Å². The fourth-order valence-electron chi connectivity index (χ4n) is 4.01. The number of carbonyl (C=O) groups excluding carboxylic acids is 1. The second-order valence-corrected chi connectivity index (χ2v) is 12.3. The number of morpholine rings is 1. The summed E-state index contributed by atoms with van der Waals surface area (Å²) in [6, 6.07) is 20.0. The molecule has 0 spiro atoms. The molecular weight excluding hydrogens is 698 g/mol. The lowest BCUT2D eigenvalue weighted by molar-refractivity contribution is -0.121. The number of benzene rings is 3. The number of hydrogen-bond acceptors (Lipinski definition) is 6. The molecule has 2 heterocycles. The molecule has 6 nitrogen and oxygen atoms in total. The number of halogens is 3. The number of amidine groups is 1. The minimum Gasteiger partial charge on any atom is -0.487 e. The minimum absolute atomic E-state index is 0.0819. The van der Waals surface area contributed by atoms with Crippen LogP contribution in [0, 0.1) is 0 Å². The van der Waals surface area contributed by atoms with Gasteiger partial charge in [0, 0.05) is 30.3 Å². The first-order valence-corrected chi connectivity index (χ1v) is 15.1. The molecule has 3 aromatic carbocycles. The Hall–Kier alpha value is -2.11. The van der Waals surface area contributed by atoms with Crippen LogP contribution in [0.4, 0.5) is 11.4 Å². The van der Waals surface area contributed by atoms with Crippen molar-refractivity contribution in [2.24, 2.45) is 4.99 Å². The van der Waals surface area contributed by atoms with Gasteiger partial charge in [0.1, 0.15) is 12.4 Å². The van der Waals surface area contributed by atoms with Gasteiger partial charge in [-0.3, -0.25) is 9.69 Å². The van der Waals surface area contributed by atoms with Crippen molar-refractivity contribution in [1.29, 1.82) is 0 Å². The zero-order chi connectivity index (χ0) is 26.6. The third kappa shape index (κ3) is 6.54. The second kappa shape index (κ2) is 12.4. The first kappa shape index (κ1) is 27.5. The molecular formula is C28H24Br3N3O3S. The molecule has 0 N–H and O–H groups in total. The van der Waals surface area contributed by atoms with Crippen molar-refractivity contribution in [2.75, 3.05) is 38.3 Å². The summed E-state index contributed by atoms with van der Waals surface area (Å²) in [5.74, 6) is 0.627. The van der Waals surface area contributed by atoms with E-state index in [0.717, 1.165) is 62.2 Å².